The number of nitrogens with one attached hydrogen (secondary N) is 1. The Morgan fingerprint density at radius 1 is 1.11 bits per heavy atom. The number of carbonyl (C=O) groups excluding carboxylic acids is 1. The molecule has 194 valence electrons. The third-order valence-corrected chi connectivity index (χ3v) is 6.19. The lowest BCUT2D eigenvalue weighted by molar-refractivity contribution is -0.138. The molecule has 5 rings (SSSR count). The Morgan fingerprint density at radius 2 is 1.84 bits per heavy atom. The molecule has 1 unspecified atom stereocenters. The normalized spacial score (nSPS) is 14.7. The highest BCUT2D eigenvalue weighted by atomic mass is 19.4. The number of ether oxygens (including phenoxy) is 1. The van der Waals surface area contributed by atoms with E-state index in [4.69, 9.17) is 9.84 Å². The van der Waals surface area contributed by atoms with Gasteiger partial charge in [0.2, 0.25) is 0 Å². The van der Waals surface area contributed by atoms with Gasteiger partial charge in [-0.15, -0.1) is 0 Å². The molecular formula is C26H18F3N3O6. The van der Waals surface area contributed by atoms with Crippen molar-refractivity contribution in [3.05, 3.63) is 87.8 Å². The molecule has 0 spiro atoms. The molecule has 2 aromatic carbocycles. The predicted octanol–water partition coefficient (Wildman–Crippen LogP) is 3.58. The van der Waals surface area contributed by atoms with Crippen molar-refractivity contribution in [2.45, 2.75) is 12.2 Å². The molecule has 9 nitrogen and oxygen atoms in total. The monoisotopic (exact) mass is 525 g/mol. The predicted molar refractivity (Wildman–Crippen MR) is 128 cm³/mol. The number of rotatable bonds is 5. The van der Waals surface area contributed by atoms with Gasteiger partial charge in [-0.2, -0.15) is 13.2 Å². The Balaban J connectivity index is 1.77. The van der Waals surface area contributed by atoms with Crippen LogP contribution in [0.15, 0.2) is 65.6 Å². The smallest absolute Gasteiger partial charge is 0.416 e. The molecule has 2 aromatic heterocycles. The molecule has 38 heavy (non-hydrogen) atoms. The van der Waals surface area contributed by atoms with E-state index in [1.165, 1.54) is 22.8 Å². The number of halogens is 3. The standard InChI is InChI=1S/C26H18F3N3O6/c27-26(28,29)14-6-4-13(5-7-14)18-12-38-23-15(17-3-1-2-10-30-17)8-9-16-21(23)32(18)25(37)20(22(16)35)24(36)31-11-19(33)34/h1-10,18,35H,11-12H2,(H,31,36)(H,33,34). The highest BCUT2D eigenvalue weighted by Gasteiger charge is 2.34. The molecule has 0 aliphatic carbocycles. The van der Waals surface area contributed by atoms with E-state index in [9.17, 15) is 32.7 Å². The van der Waals surface area contributed by atoms with Crippen LogP contribution in [0.1, 0.15) is 27.5 Å². The van der Waals surface area contributed by atoms with Gasteiger partial charge in [0.05, 0.1) is 22.8 Å². The second-order valence-electron chi connectivity index (χ2n) is 8.48. The fourth-order valence-electron chi connectivity index (χ4n) is 4.45. The van der Waals surface area contributed by atoms with Crippen LogP contribution in [0.2, 0.25) is 0 Å². The van der Waals surface area contributed by atoms with Gasteiger partial charge in [-0.05, 0) is 42.0 Å². The maximum absolute atomic E-state index is 13.7. The molecule has 0 saturated carbocycles. The zero-order valence-corrected chi connectivity index (χ0v) is 19.3. The number of hydrogen-bond acceptors (Lipinski definition) is 6. The van der Waals surface area contributed by atoms with Crippen molar-refractivity contribution >= 4 is 22.8 Å². The maximum atomic E-state index is 13.7. The number of carboxylic acids is 1. The van der Waals surface area contributed by atoms with Gasteiger partial charge in [-0.3, -0.25) is 23.9 Å². The van der Waals surface area contributed by atoms with Crippen molar-refractivity contribution in [1.82, 2.24) is 14.9 Å². The number of aliphatic carboxylic acids is 1. The van der Waals surface area contributed by atoms with Crippen molar-refractivity contribution in [2.24, 2.45) is 0 Å². The molecule has 1 aliphatic rings. The number of carbonyl (C=O) groups is 2. The van der Waals surface area contributed by atoms with Crippen LogP contribution < -0.4 is 15.6 Å². The van der Waals surface area contributed by atoms with E-state index in [-0.39, 0.29) is 28.8 Å². The molecule has 4 aromatic rings. The van der Waals surface area contributed by atoms with Crippen molar-refractivity contribution < 1.29 is 37.7 Å². The first-order chi connectivity index (χ1) is 18.1. The van der Waals surface area contributed by atoms with Crippen molar-refractivity contribution in [3.63, 3.8) is 0 Å². The lowest BCUT2D eigenvalue weighted by Gasteiger charge is -2.31. The summed E-state index contributed by atoms with van der Waals surface area (Å²) < 4.78 is 46.6. The van der Waals surface area contributed by atoms with Crippen LogP contribution in [-0.4, -0.2) is 44.8 Å². The number of hydrogen-bond donors (Lipinski definition) is 3. The van der Waals surface area contributed by atoms with Gasteiger partial charge < -0.3 is 20.3 Å². The Kier molecular flexibility index (Phi) is 6.02. The molecule has 1 aliphatic heterocycles. The molecule has 0 radical (unpaired) electrons. The highest BCUT2D eigenvalue weighted by Crippen LogP contribution is 2.44. The first-order valence-corrected chi connectivity index (χ1v) is 11.2. The molecule has 1 amide bonds. The van der Waals surface area contributed by atoms with Crippen molar-refractivity contribution in [2.75, 3.05) is 13.2 Å². The minimum absolute atomic E-state index is 0.0522. The van der Waals surface area contributed by atoms with Crippen molar-refractivity contribution in [3.8, 4) is 22.8 Å². The van der Waals surface area contributed by atoms with E-state index in [1.807, 2.05) is 0 Å². The third kappa shape index (κ3) is 4.19. The second-order valence-corrected chi connectivity index (χ2v) is 8.48. The quantitative estimate of drug-likeness (QED) is 0.363. The topological polar surface area (TPSA) is 131 Å². The Hall–Kier alpha value is -4.87. The van der Waals surface area contributed by atoms with Gasteiger partial charge in [0.15, 0.2) is 5.75 Å². The summed E-state index contributed by atoms with van der Waals surface area (Å²) in [6.07, 6.45) is -3.01. The lowest BCUT2D eigenvalue weighted by Crippen LogP contribution is -2.39. The zero-order valence-electron chi connectivity index (χ0n) is 19.3. The molecule has 0 saturated heterocycles. The number of amides is 1. The largest absolute Gasteiger partial charge is 0.506 e. The molecule has 0 bridgehead atoms. The summed E-state index contributed by atoms with van der Waals surface area (Å²) in [7, 11) is 0. The maximum Gasteiger partial charge on any atom is 0.416 e. The third-order valence-electron chi connectivity index (χ3n) is 6.19. The average Bonchev–Trinajstić information content (AvgIpc) is 2.90. The Labute approximate surface area is 211 Å². The zero-order chi connectivity index (χ0) is 27.2. The van der Waals surface area contributed by atoms with Crippen LogP contribution in [0.3, 0.4) is 0 Å². The summed E-state index contributed by atoms with van der Waals surface area (Å²) in [5.74, 6) is -2.98. The SMILES string of the molecule is O=C(O)CNC(=O)c1c(O)c2ccc(-c3ccccn3)c3c2n(c1=O)C(c1ccc(C(F)(F)F)cc1)CO3. The van der Waals surface area contributed by atoms with E-state index < -0.39 is 53.1 Å². The average molecular weight is 525 g/mol. The summed E-state index contributed by atoms with van der Waals surface area (Å²) in [6, 6.07) is 11.4. The molecule has 12 heteroatoms. The van der Waals surface area contributed by atoms with Gasteiger partial charge >= 0.3 is 12.1 Å². The summed E-state index contributed by atoms with van der Waals surface area (Å²) in [4.78, 5) is 41.7. The van der Waals surface area contributed by atoms with Crippen LogP contribution in [0.5, 0.6) is 11.5 Å². The number of benzene rings is 2. The number of nitrogens with zero attached hydrogens (tertiary/aromatic N) is 2. The van der Waals surface area contributed by atoms with Gasteiger partial charge in [-0.1, -0.05) is 18.2 Å². The van der Waals surface area contributed by atoms with Crippen LogP contribution in [0, 0.1) is 0 Å². The summed E-state index contributed by atoms with van der Waals surface area (Å²) in [5, 5.41) is 22.0. The molecular weight excluding hydrogens is 507 g/mol. The highest BCUT2D eigenvalue weighted by molar-refractivity contribution is 6.05. The molecule has 3 heterocycles. The fraction of sp³-hybridized carbons (Fsp3) is 0.154. The molecule has 3 N–H and O–H groups in total. The summed E-state index contributed by atoms with van der Waals surface area (Å²) in [6.45, 7) is -0.983. The van der Waals surface area contributed by atoms with Crippen LogP contribution in [0.25, 0.3) is 22.2 Å². The van der Waals surface area contributed by atoms with Gasteiger partial charge in [0.25, 0.3) is 11.5 Å². The first kappa shape index (κ1) is 24.8. The minimum atomic E-state index is -4.57. The lowest BCUT2D eigenvalue weighted by atomic mass is 9.98. The number of alkyl halides is 3. The van der Waals surface area contributed by atoms with E-state index in [0.717, 1.165) is 12.1 Å². The number of carboxylic acid groups (broad SMARTS) is 1. The van der Waals surface area contributed by atoms with E-state index in [0.29, 0.717) is 11.3 Å². The van der Waals surface area contributed by atoms with E-state index >= 15 is 0 Å². The van der Waals surface area contributed by atoms with Gasteiger partial charge in [0, 0.05) is 17.1 Å². The number of aromatic nitrogens is 2. The summed E-state index contributed by atoms with van der Waals surface area (Å²) >= 11 is 0. The Bertz CT molecular complexity index is 1630. The van der Waals surface area contributed by atoms with Crippen LogP contribution in [-0.2, 0) is 11.0 Å². The van der Waals surface area contributed by atoms with Gasteiger partial charge in [-0.25, -0.2) is 0 Å². The van der Waals surface area contributed by atoms with Crippen LogP contribution >= 0.6 is 0 Å². The fourth-order valence-corrected chi connectivity index (χ4v) is 4.45. The van der Waals surface area contributed by atoms with Crippen molar-refractivity contribution in [1.29, 1.82) is 0 Å². The Morgan fingerprint density at radius 3 is 2.47 bits per heavy atom. The first-order valence-electron chi connectivity index (χ1n) is 11.2. The minimum Gasteiger partial charge on any atom is -0.506 e. The second kappa shape index (κ2) is 9.21. The molecule has 1 atom stereocenters. The van der Waals surface area contributed by atoms with Gasteiger partial charge in [0.1, 0.15) is 24.5 Å². The number of aromatic hydroxyl groups is 1. The summed E-state index contributed by atoms with van der Waals surface area (Å²) in [5.41, 5.74) is -1.16. The van der Waals surface area contributed by atoms with E-state index in [1.54, 1.807) is 30.5 Å². The van der Waals surface area contributed by atoms with Crippen LogP contribution in [0.4, 0.5) is 13.2 Å². The number of pyridine rings is 2. The molecule has 0 fully saturated rings. The van der Waals surface area contributed by atoms with E-state index in [2.05, 4.69) is 10.3 Å².